The molecule has 1 aromatic rings. The van der Waals surface area contributed by atoms with Gasteiger partial charge in [0.15, 0.2) is 5.03 Å². The Morgan fingerprint density at radius 2 is 2.33 bits per heavy atom. The third kappa shape index (κ3) is 2.69. The van der Waals surface area contributed by atoms with Gasteiger partial charge in [0.25, 0.3) is 10.0 Å². The fourth-order valence-electron chi connectivity index (χ4n) is 1.06. The number of aliphatic hydroxyl groups excluding tert-OH is 1. The van der Waals surface area contributed by atoms with Gasteiger partial charge in [0.05, 0.1) is 17.8 Å². The lowest BCUT2D eigenvalue weighted by Gasteiger charge is -2.11. The second-order valence-electron chi connectivity index (χ2n) is 3.13. The van der Waals surface area contributed by atoms with Gasteiger partial charge in [-0.25, -0.2) is 13.1 Å². The van der Waals surface area contributed by atoms with Crippen LogP contribution in [0.4, 0.5) is 0 Å². The van der Waals surface area contributed by atoms with Crippen molar-refractivity contribution in [2.75, 3.05) is 6.61 Å². The third-order valence-corrected chi connectivity index (χ3v) is 3.82. The van der Waals surface area contributed by atoms with Crippen LogP contribution in [0.3, 0.4) is 0 Å². The predicted octanol–water partition coefficient (Wildman–Crippen LogP) is -0.267. The Morgan fingerprint density at radius 1 is 1.73 bits per heavy atom. The van der Waals surface area contributed by atoms with Crippen molar-refractivity contribution < 1.29 is 13.5 Å². The van der Waals surface area contributed by atoms with Crippen LogP contribution in [-0.4, -0.2) is 36.0 Å². The van der Waals surface area contributed by atoms with Crippen LogP contribution in [0.25, 0.3) is 0 Å². The van der Waals surface area contributed by atoms with E-state index in [0.29, 0.717) is 0 Å². The molecule has 86 valence electrons. The minimum atomic E-state index is -3.73. The first-order valence-electron chi connectivity index (χ1n) is 4.19. The molecule has 0 aliphatic heterocycles. The molecule has 0 aromatic carbocycles. The molecule has 0 radical (unpaired) electrons. The fraction of sp³-hybridized carbons (Fsp3) is 0.571. The van der Waals surface area contributed by atoms with Crippen molar-refractivity contribution in [3.63, 3.8) is 0 Å². The summed E-state index contributed by atoms with van der Waals surface area (Å²) in [7, 11) is -2.25. The molecule has 1 heterocycles. The standard InChI is InChI=1S/C7H12ClN3O3S/c1-5(4-12)10-15(13,14)7-6(8)3-9-11(7)2/h3,5,10,12H,4H2,1-2H3/t5-/m0/s1. The van der Waals surface area contributed by atoms with E-state index in [-0.39, 0.29) is 16.7 Å². The van der Waals surface area contributed by atoms with E-state index in [9.17, 15) is 8.42 Å². The van der Waals surface area contributed by atoms with Gasteiger partial charge in [0.1, 0.15) is 0 Å². The summed E-state index contributed by atoms with van der Waals surface area (Å²) >= 11 is 5.69. The molecule has 0 amide bonds. The summed E-state index contributed by atoms with van der Waals surface area (Å²) in [6, 6.07) is -0.569. The maximum Gasteiger partial charge on any atom is 0.259 e. The highest BCUT2D eigenvalue weighted by Gasteiger charge is 2.24. The summed E-state index contributed by atoms with van der Waals surface area (Å²) in [6.07, 6.45) is 1.25. The van der Waals surface area contributed by atoms with Gasteiger partial charge in [-0.05, 0) is 6.92 Å². The lowest BCUT2D eigenvalue weighted by molar-refractivity contribution is 0.265. The summed E-state index contributed by atoms with van der Waals surface area (Å²) < 4.78 is 26.9. The van der Waals surface area contributed by atoms with E-state index < -0.39 is 16.1 Å². The topological polar surface area (TPSA) is 84.2 Å². The molecule has 2 N–H and O–H groups in total. The Hall–Kier alpha value is -0.630. The van der Waals surface area contributed by atoms with Gasteiger partial charge in [-0.2, -0.15) is 5.10 Å². The van der Waals surface area contributed by atoms with Crippen molar-refractivity contribution in [3.05, 3.63) is 11.2 Å². The van der Waals surface area contributed by atoms with Gasteiger partial charge >= 0.3 is 0 Å². The first-order chi connectivity index (χ1) is 6.88. The summed E-state index contributed by atoms with van der Waals surface area (Å²) in [5, 5.41) is 12.4. The molecule has 1 atom stereocenters. The zero-order valence-corrected chi connectivity index (χ0v) is 9.88. The zero-order valence-electron chi connectivity index (χ0n) is 8.31. The molecule has 15 heavy (non-hydrogen) atoms. The molecular formula is C7H12ClN3O3S. The van der Waals surface area contributed by atoms with Crippen LogP contribution < -0.4 is 4.72 Å². The molecular weight excluding hydrogens is 242 g/mol. The largest absolute Gasteiger partial charge is 0.395 e. The van der Waals surface area contributed by atoms with Crippen molar-refractivity contribution in [2.24, 2.45) is 7.05 Å². The third-order valence-electron chi connectivity index (χ3n) is 1.73. The fourth-order valence-corrected chi connectivity index (χ4v) is 2.95. The average molecular weight is 254 g/mol. The summed E-state index contributed by atoms with van der Waals surface area (Å²) in [4.78, 5) is 0. The lowest BCUT2D eigenvalue weighted by Crippen LogP contribution is -2.36. The number of aryl methyl sites for hydroxylation is 1. The number of sulfonamides is 1. The van der Waals surface area contributed by atoms with Gasteiger partial charge in [0.2, 0.25) is 0 Å². The highest BCUT2D eigenvalue weighted by atomic mass is 35.5. The first-order valence-corrected chi connectivity index (χ1v) is 6.05. The van der Waals surface area contributed by atoms with Gasteiger partial charge in [-0.3, -0.25) is 4.68 Å². The number of rotatable bonds is 4. The minimum Gasteiger partial charge on any atom is -0.395 e. The molecule has 0 bridgehead atoms. The van der Waals surface area contributed by atoms with E-state index in [1.165, 1.54) is 13.2 Å². The predicted molar refractivity (Wildman–Crippen MR) is 55.1 cm³/mol. The van der Waals surface area contributed by atoms with Crippen molar-refractivity contribution >= 4 is 21.6 Å². The lowest BCUT2D eigenvalue weighted by atomic mass is 10.4. The maximum absolute atomic E-state index is 11.7. The average Bonchev–Trinajstić information content (AvgIpc) is 2.45. The van der Waals surface area contributed by atoms with Crippen LogP contribution in [0, 0.1) is 0 Å². The Kier molecular flexibility index (Phi) is 3.72. The molecule has 0 aliphatic carbocycles. The number of aliphatic hydroxyl groups is 1. The second kappa shape index (κ2) is 4.48. The van der Waals surface area contributed by atoms with Crippen LogP contribution in [0.1, 0.15) is 6.92 Å². The van der Waals surface area contributed by atoms with E-state index >= 15 is 0 Å². The Morgan fingerprint density at radius 3 is 2.73 bits per heavy atom. The molecule has 0 unspecified atom stereocenters. The van der Waals surface area contributed by atoms with E-state index in [1.54, 1.807) is 6.92 Å². The van der Waals surface area contributed by atoms with Crippen molar-refractivity contribution in [3.8, 4) is 0 Å². The molecule has 6 nitrogen and oxygen atoms in total. The van der Waals surface area contributed by atoms with E-state index in [0.717, 1.165) is 4.68 Å². The van der Waals surface area contributed by atoms with Crippen LogP contribution in [0.5, 0.6) is 0 Å². The number of aromatic nitrogens is 2. The number of nitrogens with one attached hydrogen (secondary N) is 1. The zero-order chi connectivity index (χ0) is 11.6. The monoisotopic (exact) mass is 253 g/mol. The Balaban J connectivity index is 3.07. The number of halogens is 1. The Labute approximate surface area is 92.9 Å². The number of nitrogens with zero attached hydrogens (tertiary/aromatic N) is 2. The van der Waals surface area contributed by atoms with Crippen LogP contribution in [0.15, 0.2) is 11.2 Å². The molecule has 0 aliphatic rings. The van der Waals surface area contributed by atoms with Gasteiger partial charge < -0.3 is 5.11 Å². The maximum atomic E-state index is 11.7. The number of hydrogen-bond acceptors (Lipinski definition) is 4. The van der Waals surface area contributed by atoms with E-state index in [4.69, 9.17) is 16.7 Å². The van der Waals surface area contributed by atoms with Crippen molar-refractivity contribution in [2.45, 2.75) is 18.0 Å². The van der Waals surface area contributed by atoms with E-state index in [2.05, 4.69) is 9.82 Å². The molecule has 0 saturated carbocycles. The summed E-state index contributed by atoms with van der Waals surface area (Å²) in [6.45, 7) is 1.26. The highest BCUT2D eigenvalue weighted by Crippen LogP contribution is 2.19. The molecule has 0 spiro atoms. The van der Waals surface area contributed by atoms with Gasteiger partial charge in [-0.1, -0.05) is 11.6 Å². The second-order valence-corrected chi connectivity index (χ2v) is 5.16. The molecule has 0 saturated heterocycles. The Bertz CT molecular complexity index is 423. The van der Waals surface area contributed by atoms with Crippen LogP contribution in [0.2, 0.25) is 5.02 Å². The number of hydrogen-bond donors (Lipinski definition) is 2. The molecule has 1 rings (SSSR count). The van der Waals surface area contributed by atoms with E-state index in [1.807, 2.05) is 0 Å². The smallest absolute Gasteiger partial charge is 0.259 e. The first kappa shape index (κ1) is 12.4. The normalized spacial score (nSPS) is 14.1. The molecule has 8 heteroatoms. The van der Waals surface area contributed by atoms with Crippen LogP contribution >= 0.6 is 11.6 Å². The molecule has 1 aromatic heterocycles. The SMILES string of the molecule is C[C@@H](CO)NS(=O)(=O)c1c(Cl)cnn1C. The molecule has 0 fully saturated rings. The minimum absolute atomic E-state index is 0.0511. The van der Waals surface area contributed by atoms with Crippen molar-refractivity contribution in [1.29, 1.82) is 0 Å². The quantitative estimate of drug-likeness (QED) is 0.774. The summed E-state index contributed by atoms with van der Waals surface area (Å²) in [5.41, 5.74) is 0. The van der Waals surface area contributed by atoms with Crippen LogP contribution in [-0.2, 0) is 17.1 Å². The summed E-state index contributed by atoms with van der Waals surface area (Å²) in [5.74, 6) is 0. The van der Waals surface area contributed by atoms with Crippen molar-refractivity contribution in [1.82, 2.24) is 14.5 Å². The van der Waals surface area contributed by atoms with Gasteiger partial charge in [0, 0.05) is 13.1 Å². The highest BCUT2D eigenvalue weighted by molar-refractivity contribution is 7.89. The van der Waals surface area contributed by atoms with Gasteiger partial charge in [-0.15, -0.1) is 0 Å².